The Balaban J connectivity index is 2.06. The van der Waals surface area contributed by atoms with E-state index in [1.54, 1.807) is 6.26 Å². The first-order valence-electron chi connectivity index (χ1n) is 5.67. The maximum Gasteiger partial charge on any atom is 0.117 e. The molecule has 1 aromatic heterocycles. The number of nitrogens with one attached hydrogen (secondary N) is 1. The molecule has 0 aliphatic heterocycles. The van der Waals surface area contributed by atoms with Gasteiger partial charge in [-0.15, -0.1) is 0 Å². The summed E-state index contributed by atoms with van der Waals surface area (Å²) in [6.07, 6.45) is 2.91. The molecule has 0 saturated carbocycles. The molecule has 0 aromatic carbocycles. The van der Waals surface area contributed by atoms with E-state index in [0.29, 0.717) is 6.04 Å². The Kier molecular flexibility index (Phi) is 5.43. The fourth-order valence-electron chi connectivity index (χ4n) is 1.41. The molecule has 0 radical (unpaired) electrons. The molecule has 1 atom stereocenters. The largest absolute Gasteiger partial charge is 0.468 e. The Morgan fingerprint density at radius 1 is 1.53 bits per heavy atom. The topological polar surface area (TPSA) is 28.4 Å². The smallest absolute Gasteiger partial charge is 0.117 e. The molecule has 1 N–H and O–H groups in total. The maximum atomic E-state index is 5.23. The number of hydrogen-bond acceptors (Lipinski definition) is 3. The van der Waals surface area contributed by atoms with E-state index in [-0.39, 0.29) is 0 Å². The summed E-state index contributed by atoms with van der Waals surface area (Å²) in [5.74, 6) is 1.00. The molecular formula is C12H22N2O. The van der Waals surface area contributed by atoms with Crippen molar-refractivity contribution in [3.8, 4) is 0 Å². The Bertz CT molecular complexity index is 246. The van der Waals surface area contributed by atoms with Crippen LogP contribution in [0.25, 0.3) is 0 Å². The van der Waals surface area contributed by atoms with Crippen molar-refractivity contribution < 1.29 is 4.42 Å². The lowest BCUT2D eigenvalue weighted by Crippen LogP contribution is -2.34. The van der Waals surface area contributed by atoms with Crippen molar-refractivity contribution in [1.82, 2.24) is 10.2 Å². The summed E-state index contributed by atoms with van der Waals surface area (Å²) in [7, 11) is 2.17. The van der Waals surface area contributed by atoms with Crippen LogP contribution in [0.1, 0.15) is 26.0 Å². The maximum absolute atomic E-state index is 5.23. The summed E-state index contributed by atoms with van der Waals surface area (Å²) < 4.78 is 5.23. The van der Waals surface area contributed by atoms with E-state index in [1.165, 1.54) is 6.42 Å². The van der Waals surface area contributed by atoms with E-state index in [0.717, 1.165) is 25.4 Å². The second kappa shape index (κ2) is 6.64. The predicted octanol–water partition coefficient (Wildman–Crippen LogP) is 2.10. The van der Waals surface area contributed by atoms with Gasteiger partial charge in [0.1, 0.15) is 5.76 Å². The van der Waals surface area contributed by atoms with E-state index in [2.05, 4.69) is 31.1 Å². The molecule has 0 fully saturated rings. The van der Waals surface area contributed by atoms with Crippen LogP contribution < -0.4 is 5.32 Å². The van der Waals surface area contributed by atoms with Crippen LogP contribution in [0.4, 0.5) is 0 Å². The zero-order valence-corrected chi connectivity index (χ0v) is 9.99. The van der Waals surface area contributed by atoms with Gasteiger partial charge in [-0.1, -0.05) is 6.92 Å². The molecule has 0 bridgehead atoms. The van der Waals surface area contributed by atoms with Crippen LogP contribution in [0, 0.1) is 0 Å². The van der Waals surface area contributed by atoms with Crippen molar-refractivity contribution in [2.45, 2.75) is 32.9 Å². The van der Waals surface area contributed by atoms with Gasteiger partial charge in [0.2, 0.25) is 0 Å². The molecule has 0 aliphatic rings. The number of likely N-dealkylation sites (N-methyl/N-ethyl adjacent to an activating group) is 1. The fraction of sp³-hybridized carbons (Fsp3) is 0.667. The van der Waals surface area contributed by atoms with E-state index in [1.807, 2.05) is 12.1 Å². The average molecular weight is 210 g/mol. The van der Waals surface area contributed by atoms with Crippen molar-refractivity contribution in [3.05, 3.63) is 24.2 Å². The van der Waals surface area contributed by atoms with Crippen LogP contribution in [-0.2, 0) is 6.54 Å². The molecular weight excluding hydrogens is 188 g/mol. The second-order valence-corrected chi connectivity index (χ2v) is 3.99. The van der Waals surface area contributed by atoms with Gasteiger partial charge in [0.05, 0.1) is 12.8 Å². The molecule has 1 aromatic rings. The lowest BCUT2D eigenvalue weighted by atomic mass is 10.2. The first kappa shape index (κ1) is 12.3. The summed E-state index contributed by atoms with van der Waals surface area (Å²) in [6.45, 7) is 7.38. The van der Waals surface area contributed by atoms with Gasteiger partial charge in [-0.25, -0.2) is 0 Å². The van der Waals surface area contributed by atoms with Crippen LogP contribution in [0.15, 0.2) is 22.8 Å². The number of rotatable bonds is 7. The van der Waals surface area contributed by atoms with E-state index in [9.17, 15) is 0 Å². The second-order valence-electron chi connectivity index (χ2n) is 3.99. The van der Waals surface area contributed by atoms with Crippen molar-refractivity contribution >= 4 is 0 Å². The van der Waals surface area contributed by atoms with Gasteiger partial charge in [0.15, 0.2) is 0 Å². The highest BCUT2D eigenvalue weighted by molar-refractivity contribution is 4.97. The van der Waals surface area contributed by atoms with Crippen molar-refractivity contribution in [2.75, 3.05) is 20.1 Å². The molecule has 3 heteroatoms. The van der Waals surface area contributed by atoms with E-state index in [4.69, 9.17) is 4.42 Å². The Hall–Kier alpha value is -0.800. The first-order chi connectivity index (χ1) is 7.24. The van der Waals surface area contributed by atoms with Crippen LogP contribution in [0.5, 0.6) is 0 Å². The highest BCUT2D eigenvalue weighted by Gasteiger charge is 2.05. The van der Waals surface area contributed by atoms with Gasteiger partial charge < -0.3 is 14.6 Å². The zero-order chi connectivity index (χ0) is 11.1. The Labute approximate surface area is 92.5 Å². The fourth-order valence-corrected chi connectivity index (χ4v) is 1.41. The first-order valence-corrected chi connectivity index (χ1v) is 5.67. The molecule has 1 unspecified atom stereocenters. The summed E-state index contributed by atoms with van der Waals surface area (Å²) in [5, 5.41) is 3.36. The third-order valence-corrected chi connectivity index (χ3v) is 2.86. The molecule has 0 saturated heterocycles. The monoisotopic (exact) mass is 210 g/mol. The van der Waals surface area contributed by atoms with E-state index < -0.39 is 0 Å². The third kappa shape index (κ3) is 4.49. The molecule has 3 nitrogen and oxygen atoms in total. The standard InChI is InChI=1S/C12H22N2O/c1-4-11(2)14(3)8-7-13-10-12-6-5-9-15-12/h5-6,9,11,13H,4,7-8,10H2,1-3H3. The zero-order valence-electron chi connectivity index (χ0n) is 9.99. The number of furan rings is 1. The van der Waals surface area contributed by atoms with Gasteiger partial charge in [-0.3, -0.25) is 0 Å². The van der Waals surface area contributed by atoms with Crippen LogP contribution in [-0.4, -0.2) is 31.1 Å². The summed E-state index contributed by atoms with van der Waals surface area (Å²) >= 11 is 0. The number of hydrogen-bond donors (Lipinski definition) is 1. The number of nitrogens with zero attached hydrogens (tertiary/aromatic N) is 1. The molecule has 1 heterocycles. The minimum atomic E-state index is 0.662. The Morgan fingerprint density at radius 2 is 2.33 bits per heavy atom. The highest BCUT2D eigenvalue weighted by atomic mass is 16.3. The van der Waals surface area contributed by atoms with Gasteiger partial charge in [0, 0.05) is 19.1 Å². The summed E-state index contributed by atoms with van der Waals surface area (Å²) in [6, 6.07) is 4.57. The Morgan fingerprint density at radius 3 is 2.93 bits per heavy atom. The molecule has 86 valence electrons. The van der Waals surface area contributed by atoms with Crippen LogP contribution in [0.3, 0.4) is 0 Å². The minimum Gasteiger partial charge on any atom is -0.468 e. The van der Waals surface area contributed by atoms with Gasteiger partial charge >= 0.3 is 0 Å². The third-order valence-electron chi connectivity index (χ3n) is 2.86. The molecule has 0 spiro atoms. The average Bonchev–Trinajstić information content (AvgIpc) is 2.75. The quantitative estimate of drug-likeness (QED) is 0.699. The molecule has 0 aliphatic carbocycles. The van der Waals surface area contributed by atoms with Gasteiger partial charge in [0.25, 0.3) is 0 Å². The van der Waals surface area contributed by atoms with Crippen molar-refractivity contribution in [1.29, 1.82) is 0 Å². The van der Waals surface area contributed by atoms with E-state index >= 15 is 0 Å². The SMILES string of the molecule is CCC(C)N(C)CCNCc1ccco1. The highest BCUT2D eigenvalue weighted by Crippen LogP contribution is 2.00. The summed E-state index contributed by atoms with van der Waals surface area (Å²) in [5.41, 5.74) is 0. The molecule has 15 heavy (non-hydrogen) atoms. The minimum absolute atomic E-state index is 0.662. The van der Waals surface area contributed by atoms with Crippen molar-refractivity contribution in [3.63, 3.8) is 0 Å². The lowest BCUT2D eigenvalue weighted by molar-refractivity contribution is 0.251. The molecule has 1 rings (SSSR count). The molecule has 0 amide bonds. The lowest BCUT2D eigenvalue weighted by Gasteiger charge is -2.23. The van der Waals surface area contributed by atoms with Gasteiger partial charge in [-0.05, 0) is 32.5 Å². The summed E-state index contributed by atoms with van der Waals surface area (Å²) in [4.78, 5) is 2.37. The van der Waals surface area contributed by atoms with Gasteiger partial charge in [-0.2, -0.15) is 0 Å². The predicted molar refractivity (Wildman–Crippen MR) is 62.8 cm³/mol. The van der Waals surface area contributed by atoms with Crippen LogP contribution >= 0.6 is 0 Å². The van der Waals surface area contributed by atoms with Crippen molar-refractivity contribution in [2.24, 2.45) is 0 Å². The normalized spacial score (nSPS) is 13.3. The van der Waals surface area contributed by atoms with Crippen LogP contribution in [0.2, 0.25) is 0 Å².